The maximum atomic E-state index is 11.1. The Morgan fingerprint density at radius 2 is 1.73 bits per heavy atom. The van der Waals surface area contributed by atoms with Gasteiger partial charge in [-0.2, -0.15) is 0 Å². The number of carbonyl (C=O) groups is 1. The highest BCUT2D eigenvalue weighted by atomic mass is 32.1. The van der Waals surface area contributed by atoms with E-state index in [1.165, 1.54) is 16.9 Å². The lowest BCUT2D eigenvalue weighted by Crippen LogP contribution is -1.99. The lowest BCUT2D eigenvalue weighted by atomic mass is 10.1. The summed E-state index contributed by atoms with van der Waals surface area (Å²) in [6.45, 7) is 2.03. The van der Waals surface area contributed by atoms with Crippen LogP contribution in [-0.4, -0.2) is 16.1 Å². The molecule has 3 aromatic rings. The van der Waals surface area contributed by atoms with Gasteiger partial charge >= 0.3 is 5.97 Å². The molecule has 0 aliphatic rings. The Morgan fingerprint density at radius 1 is 1.05 bits per heavy atom. The van der Waals surface area contributed by atoms with Crippen LogP contribution in [0, 0.1) is 6.92 Å². The molecular formula is C18H15NO2S. The Hall–Kier alpha value is -2.46. The Morgan fingerprint density at radius 3 is 2.36 bits per heavy atom. The molecule has 110 valence electrons. The topological polar surface area (TPSA) is 50.2 Å². The summed E-state index contributed by atoms with van der Waals surface area (Å²) in [5, 5.41) is 10.00. The quantitative estimate of drug-likeness (QED) is 0.776. The highest BCUT2D eigenvalue weighted by molar-refractivity contribution is 7.15. The zero-order chi connectivity index (χ0) is 15.5. The minimum absolute atomic E-state index is 0.00624. The highest BCUT2D eigenvalue weighted by Crippen LogP contribution is 2.34. The average molecular weight is 309 g/mol. The van der Waals surface area contributed by atoms with Crippen LogP contribution >= 0.6 is 11.3 Å². The number of carboxylic acids is 1. The standard InChI is InChI=1S/C18H15NO2S/c1-12-7-9-13(10-8-12)17-15(11-16(20)21)22-18(19-17)14-5-3-2-4-6-14/h2-10H,11H2,1H3,(H,20,21). The van der Waals surface area contributed by atoms with Crippen LogP contribution in [0.4, 0.5) is 0 Å². The fourth-order valence-corrected chi connectivity index (χ4v) is 3.33. The number of aliphatic carboxylic acids is 1. The van der Waals surface area contributed by atoms with Crippen LogP contribution in [0.15, 0.2) is 54.6 Å². The molecule has 0 saturated heterocycles. The van der Waals surface area contributed by atoms with Crippen molar-refractivity contribution in [2.24, 2.45) is 0 Å². The minimum atomic E-state index is -0.836. The molecule has 0 saturated carbocycles. The number of carboxylic acid groups (broad SMARTS) is 1. The van der Waals surface area contributed by atoms with Gasteiger partial charge < -0.3 is 5.11 Å². The van der Waals surface area contributed by atoms with E-state index in [1.807, 2.05) is 61.5 Å². The van der Waals surface area contributed by atoms with Crippen molar-refractivity contribution in [2.75, 3.05) is 0 Å². The SMILES string of the molecule is Cc1ccc(-c2nc(-c3ccccc3)sc2CC(=O)O)cc1. The van der Waals surface area contributed by atoms with Crippen LogP contribution < -0.4 is 0 Å². The van der Waals surface area contributed by atoms with Gasteiger partial charge in [0.2, 0.25) is 0 Å². The Balaban J connectivity index is 2.09. The molecule has 1 N–H and O–H groups in total. The smallest absolute Gasteiger partial charge is 0.308 e. The molecule has 0 amide bonds. The molecule has 3 nitrogen and oxygen atoms in total. The van der Waals surface area contributed by atoms with E-state index in [-0.39, 0.29) is 6.42 Å². The van der Waals surface area contributed by atoms with Gasteiger partial charge in [0.15, 0.2) is 0 Å². The van der Waals surface area contributed by atoms with E-state index in [1.54, 1.807) is 0 Å². The molecule has 0 aliphatic heterocycles. The van der Waals surface area contributed by atoms with Crippen molar-refractivity contribution in [3.8, 4) is 21.8 Å². The van der Waals surface area contributed by atoms with Crippen LogP contribution in [0.25, 0.3) is 21.8 Å². The normalized spacial score (nSPS) is 10.6. The van der Waals surface area contributed by atoms with Gasteiger partial charge in [-0.05, 0) is 6.92 Å². The van der Waals surface area contributed by atoms with Crippen molar-refractivity contribution in [1.29, 1.82) is 0 Å². The molecule has 0 fully saturated rings. The molecule has 0 bridgehead atoms. The van der Waals surface area contributed by atoms with Gasteiger partial charge in [0.1, 0.15) is 5.01 Å². The van der Waals surface area contributed by atoms with Gasteiger partial charge in [0.25, 0.3) is 0 Å². The highest BCUT2D eigenvalue weighted by Gasteiger charge is 2.16. The summed E-state index contributed by atoms with van der Waals surface area (Å²) in [6.07, 6.45) is -0.00624. The number of rotatable bonds is 4. The zero-order valence-corrected chi connectivity index (χ0v) is 12.9. The number of aromatic nitrogens is 1. The Labute approximate surface area is 132 Å². The number of nitrogens with zero attached hydrogens (tertiary/aromatic N) is 1. The fraction of sp³-hybridized carbons (Fsp3) is 0.111. The van der Waals surface area contributed by atoms with Gasteiger partial charge in [0, 0.05) is 16.0 Å². The van der Waals surface area contributed by atoms with Crippen molar-refractivity contribution in [3.05, 3.63) is 65.0 Å². The van der Waals surface area contributed by atoms with Crippen molar-refractivity contribution in [3.63, 3.8) is 0 Å². The second-order valence-electron chi connectivity index (χ2n) is 5.09. The maximum Gasteiger partial charge on any atom is 0.308 e. The van der Waals surface area contributed by atoms with E-state index in [0.29, 0.717) is 0 Å². The molecular weight excluding hydrogens is 294 g/mol. The summed E-state index contributed by atoms with van der Waals surface area (Å²) in [7, 11) is 0. The number of benzene rings is 2. The summed E-state index contributed by atoms with van der Waals surface area (Å²) >= 11 is 1.45. The third-order valence-electron chi connectivity index (χ3n) is 3.35. The Kier molecular flexibility index (Phi) is 4.02. The lowest BCUT2D eigenvalue weighted by molar-refractivity contribution is -0.136. The lowest BCUT2D eigenvalue weighted by Gasteiger charge is -2.01. The number of hydrogen-bond donors (Lipinski definition) is 1. The molecule has 0 atom stereocenters. The van der Waals surface area contributed by atoms with Crippen LogP contribution in [0.1, 0.15) is 10.4 Å². The molecule has 0 unspecified atom stereocenters. The first-order chi connectivity index (χ1) is 10.6. The third kappa shape index (κ3) is 3.07. The first-order valence-electron chi connectivity index (χ1n) is 6.97. The largest absolute Gasteiger partial charge is 0.481 e. The van der Waals surface area contributed by atoms with E-state index in [4.69, 9.17) is 5.11 Å². The minimum Gasteiger partial charge on any atom is -0.481 e. The summed E-state index contributed by atoms with van der Waals surface area (Å²) < 4.78 is 0. The third-order valence-corrected chi connectivity index (χ3v) is 4.46. The summed E-state index contributed by atoms with van der Waals surface area (Å²) in [5.74, 6) is -0.836. The first kappa shape index (κ1) is 14.5. The maximum absolute atomic E-state index is 11.1. The van der Waals surface area contributed by atoms with Crippen LogP contribution in [0.2, 0.25) is 0 Å². The number of aryl methyl sites for hydroxylation is 1. The molecule has 1 heterocycles. The second kappa shape index (κ2) is 6.12. The fourth-order valence-electron chi connectivity index (χ4n) is 2.25. The summed E-state index contributed by atoms with van der Waals surface area (Å²) in [4.78, 5) is 16.6. The average Bonchev–Trinajstić information content (AvgIpc) is 2.92. The molecule has 0 spiro atoms. The summed E-state index contributed by atoms with van der Waals surface area (Å²) in [5.41, 5.74) is 3.91. The van der Waals surface area contributed by atoms with Gasteiger partial charge in [-0.15, -0.1) is 11.3 Å². The van der Waals surface area contributed by atoms with Gasteiger partial charge in [-0.3, -0.25) is 4.79 Å². The number of hydrogen-bond acceptors (Lipinski definition) is 3. The van der Waals surface area contributed by atoms with E-state index >= 15 is 0 Å². The van der Waals surface area contributed by atoms with Crippen molar-refractivity contribution in [2.45, 2.75) is 13.3 Å². The first-order valence-corrected chi connectivity index (χ1v) is 7.79. The molecule has 3 rings (SSSR count). The molecule has 22 heavy (non-hydrogen) atoms. The molecule has 0 radical (unpaired) electrons. The van der Waals surface area contributed by atoms with Gasteiger partial charge in [-0.1, -0.05) is 60.2 Å². The monoisotopic (exact) mass is 309 g/mol. The molecule has 1 aromatic heterocycles. The Bertz CT molecular complexity index is 792. The second-order valence-corrected chi connectivity index (χ2v) is 6.18. The van der Waals surface area contributed by atoms with Gasteiger partial charge in [0.05, 0.1) is 12.1 Å². The van der Waals surface area contributed by atoms with E-state index in [2.05, 4.69) is 4.98 Å². The summed E-state index contributed by atoms with van der Waals surface area (Å²) in [6, 6.07) is 17.9. The van der Waals surface area contributed by atoms with E-state index in [0.717, 1.165) is 26.7 Å². The van der Waals surface area contributed by atoms with E-state index in [9.17, 15) is 4.79 Å². The van der Waals surface area contributed by atoms with Crippen molar-refractivity contribution in [1.82, 2.24) is 4.98 Å². The van der Waals surface area contributed by atoms with Crippen LogP contribution in [0.3, 0.4) is 0 Å². The van der Waals surface area contributed by atoms with Crippen molar-refractivity contribution >= 4 is 17.3 Å². The van der Waals surface area contributed by atoms with E-state index < -0.39 is 5.97 Å². The molecule has 2 aromatic carbocycles. The number of thiazole rings is 1. The predicted molar refractivity (Wildman–Crippen MR) is 89.1 cm³/mol. The molecule has 0 aliphatic carbocycles. The molecule has 4 heteroatoms. The van der Waals surface area contributed by atoms with Crippen molar-refractivity contribution < 1.29 is 9.90 Å². The van der Waals surface area contributed by atoms with Crippen LogP contribution in [-0.2, 0) is 11.2 Å². The van der Waals surface area contributed by atoms with Gasteiger partial charge in [-0.25, -0.2) is 4.98 Å². The predicted octanol–water partition coefficient (Wildman–Crippen LogP) is 4.41. The zero-order valence-electron chi connectivity index (χ0n) is 12.1. The van der Waals surface area contributed by atoms with Crippen LogP contribution in [0.5, 0.6) is 0 Å².